The van der Waals surface area contributed by atoms with Crippen molar-refractivity contribution in [2.75, 3.05) is 33.0 Å². The van der Waals surface area contributed by atoms with Crippen LogP contribution in [0.1, 0.15) is 33.1 Å². The molecule has 0 saturated carbocycles. The minimum atomic E-state index is 0.264. The summed E-state index contributed by atoms with van der Waals surface area (Å²) in [5, 5.41) is 0. The minimum Gasteiger partial charge on any atom is -0.381 e. The summed E-state index contributed by atoms with van der Waals surface area (Å²) in [6, 6.07) is 0. The van der Waals surface area contributed by atoms with Gasteiger partial charge in [-0.05, 0) is 31.2 Å². The van der Waals surface area contributed by atoms with Gasteiger partial charge < -0.3 is 15.2 Å². The van der Waals surface area contributed by atoms with E-state index in [1.54, 1.807) is 0 Å². The van der Waals surface area contributed by atoms with Gasteiger partial charge in [-0.2, -0.15) is 0 Å². The fourth-order valence-corrected chi connectivity index (χ4v) is 1.72. The number of hydrogen-bond acceptors (Lipinski definition) is 3. The number of nitrogens with two attached hydrogens (primary N) is 1. The predicted octanol–water partition coefficient (Wildman–Crippen LogP) is 1.80. The molecule has 1 saturated heterocycles. The predicted molar refractivity (Wildman–Crippen MR) is 61.8 cm³/mol. The van der Waals surface area contributed by atoms with E-state index in [0.29, 0.717) is 5.92 Å². The van der Waals surface area contributed by atoms with Crippen LogP contribution in [0.3, 0.4) is 0 Å². The van der Waals surface area contributed by atoms with E-state index in [1.165, 1.54) is 0 Å². The first-order chi connectivity index (χ1) is 7.14. The Morgan fingerprint density at radius 1 is 1.47 bits per heavy atom. The summed E-state index contributed by atoms with van der Waals surface area (Å²) in [5.74, 6) is 0.632. The van der Waals surface area contributed by atoms with Crippen LogP contribution in [0.2, 0.25) is 0 Å². The van der Waals surface area contributed by atoms with Gasteiger partial charge in [-0.15, -0.1) is 0 Å². The van der Waals surface area contributed by atoms with Crippen LogP contribution in [-0.4, -0.2) is 33.0 Å². The minimum absolute atomic E-state index is 0.264. The van der Waals surface area contributed by atoms with Crippen LogP contribution in [0.4, 0.5) is 0 Å². The Morgan fingerprint density at radius 2 is 2.27 bits per heavy atom. The molecule has 0 aliphatic carbocycles. The van der Waals surface area contributed by atoms with Gasteiger partial charge in [0.2, 0.25) is 0 Å². The molecule has 1 unspecified atom stereocenters. The van der Waals surface area contributed by atoms with Crippen LogP contribution in [0, 0.1) is 11.3 Å². The van der Waals surface area contributed by atoms with Crippen molar-refractivity contribution in [3.8, 4) is 0 Å². The molecule has 0 spiro atoms. The molecular formula is C12H25NO2. The molecular weight excluding hydrogens is 190 g/mol. The van der Waals surface area contributed by atoms with Gasteiger partial charge in [-0.1, -0.05) is 13.8 Å². The second-order valence-corrected chi connectivity index (χ2v) is 5.28. The third-order valence-corrected chi connectivity index (χ3v) is 3.07. The van der Waals surface area contributed by atoms with Crippen LogP contribution >= 0.6 is 0 Å². The molecule has 1 rings (SSSR count). The van der Waals surface area contributed by atoms with Gasteiger partial charge in [0.25, 0.3) is 0 Å². The maximum atomic E-state index is 5.66. The van der Waals surface area contributed by atoms with Gasteiger partial charge in [0.1, 0.15) is 0 Å². The lowest BCUT2D eigenvalue weighted by atomic mass is 9.88. The molecule has 0 aromatic rings. The van der Waals surface area contributed by atoms with Crippen molar-refractivity contribution in [2.45, 2.75) is 33.1 Å². The lowest BCUT2D eigenvalue weighted by Gasteiger charge is -2.22. The third-order valence-electron chi connectivity index (χ3n) is 3.07. The monoisotopic (exact) mass is 215 g/mol. The van der Waals surface area contributed by atoms with E-state index in [4.69, 9.17) is 15.2 Å². The first-order valence-electron chi connectivity index (χ1n) is 5.99. The van der Waals surface area contributed by atoms with Gasteiger partial charge in [-0.25, -0.2) is 0 Å². The molecule has 90 valence electrons. The molecule has 0 radical (unpaired) electrons. The van der Waals surface area contributed by atoms with E-state index >= 15 is 0 Å². The fourth-order valence-electron chi connectivity index (χ4n) is 1.72. The van der Waals surface area contributed by atoms with Gasteiger partial charge in [0.05, 0.1) is 13.2 Å². The van der Waals surface area contributed by atoms with Crippen LogP contribution in [0.5, 0.6) is 0 Å². The molecule has 3 heteroatoms. The van der Waals surface area contributed by atoms with Gasteiger partial charge in [0.15, 0.2) is 0 Å². The zero-order valence-corrected chi connectivity index (χ0v) is 10.1. The molecule has 0 aromatic carbocycles. The highest BCUT2D eigenvalue weighted by Crippen LogP contribution is 2.20. The quantitative estimate of drug-likeness (QED) is 0.659. The summed E-state index contributed by atoms with van der Waals surface area (Å²) in [6.07, 6.45) is 3.41. The summed E-state index contributed by atoms with van der Waals surface area (Å²) in [7, 11) is 0. The van der Waals surface area contributed by atoms with Gasteiger partial charge in [0, 0.05) is 19.1 Å². The Kier molecular flexibility index (Phi) is 5.58. The molecule has 1 aliphatic heterocycles. The highest BCUT2D eigenvalue weighted by molar-refractivity contribution is 4.69. The Morgan fingerprint density at radius 3 is 2.87 bits per heavy atom. The Balaban J connectivity index is 1.92. The van der Waals surface area contributed by atoms with Crippen molar-refractivity contribution in [3.63, 3.8) is 0 Å². The molecule has 0 bridgehead atoms. The highest BCUT2D eigenvalue weighted by atomic mass is 16.5. The van der Waals surface area contributed by atoms with E-state index in [1.807, 2.05) is 0 Å². The summed E-state index contributed by atoms with van der Waals surface area (Å²) >= 11 is 0. The van der Waals surface area contributed by atoms with Crippen molar-refractivity contribution >= 4 is 0 Å². The SMILES string of the molecule is CC(C)(CN)CCCOCC1CCOC1. The van der Waals surface area contributed by atoms with Crippen LogP contribution in [0.15, 0.2) is 0 Å². The Bertz CT molecular complexity index is 165. The topological polar surface area (TPSA) is 44.5 Å². The van der Waals surface area contributed by atoms with Crippen molar-refractivity contribution in [1.82, 2.24) is 0 Å². The van der Waals surface area contributed by atoms with Gasteiger partial charge >= 0.3 is 0 Å². The standard InChI is InChI=1S/C12H25NO2/c1-12(2,10-13)5-3-6-14-8-11-4-7-15-9-11/h11H,3-10,13H2,1-2H3. The molecule has 3 nitrogen and oxygen atoms in total. The van der Waals surface area contributed by atoms with Gasteiger partial charge in [-0.3, -0.25) is 0 Å². The fraction of sp³-hybridized carbons (Fsp3) is 1.00. The molecule has 1 heterocycles. The summed E-state index contributed by atoms with van der Waals surface area (Å²) in [6.45, 7) is 8.69. The third kappa shape index (κ3) is 5.50. The highest BCUT2D eigenvalue weighted by Gasteiger charge is 2.16. The van der Waals surface area contributed by atoms with Crippen molar-refractivity contribution in [3.05, 3.63) is 0 Å². The zero-order chi connectivity index (χ0) is 11.1. The van der Waals surface area contributed by atoms with E-state index < -0.39 is 0 Å². The molecule has 1 fully saturated rings. The van der Waals surface area contributed by atoms with Crippen molar-refractivity contribution < 1.29 is 9.47 Å². The second kappa shape index (κ2) is 6.46. The zero-order valence-electron chi connectivity index (χ0n) is 10.1. The molecule has 1 aliphatic rings. The van der Waals surface area contributed by atoms with E-state index in [9.17, 15) is 0 Å². The Hall–Kier alpha value is -0.120. The summed E-state index contributed by atoms with van der Waals surface area (Å²) < 4.78 is 10.9. The smallest absolute Gasteiger partial charge is 0.0517 e. The van der Waals surface area contributed by atoms with Crippen molar-refractivity contribution in [1.29, 1.82) is 0 Å². The van der Waals surface area contributed by atoms with E-state index in [0.717, 1.165) is 52.2 Å². The van der Waals surface area contributed by atoms with Crippen LogP contribution in [-0.2, 0) is 9.47 Å². The van der Waals surface area contributed by atoms with Crippen LogP contribution in [0.25, 0.3) is 0 Å². The van der Waals surface area contributed by atoms with E-state index in [2.05, 4.69) is 13.8 Å². The Labute approximate surface area is 93.3 Å². The average molecular weight is 215 g/mol. The first kappa shape index (κ1) is 12.9. The van der Waals surface area contributed by atoms with E-state index in [-0.39, 0.29) is 5.41 Å². The summed E-state index contributed by atoms with van der Waals surface area (Å²) in [4.78, 5) is 0. The summed E-state index contributed by atoms with van der Waals surface area (Å²) in [5.41, 5.74) is 5.93. The molecule has 2 N–H and O–H groups in total. The molecule has 15 heavy (non-hydrogen) atoms. The maximum absolute atomic E-state index is 5.66. The number of ether oxygens (including phenoxy) is 2. The largest absolute Gasteiger partial charge is 0.381 e. The molecule has 1 atom stereocenters. The lowest BCUT2D eigenvalue weighted by molar-refractivity contribution is 0.0824. The normalized spacial score (nSPS) is 22.2. The second-order valence-electron chi connectivity index (χ2n) is 5.28. The average Bonchev–Trinajstić information content (AvgIpc) is 2.70. The molecule has 0 amide bonds. The lowest BCUT2D eigenvalue weighted by Crippen LogP contribution is -2.24. The van der Waals surface area contributed by atoms with Crippen molar-refractivity contribution in [2.24, 2.45) is 17.1 Å². The number of hydrogen-bond donors (Lipinski definition) is 1. The number of rotatable bonds is 7. The maximum Gasteiger partial charge on any atom is 0.0517 e. The first-order valence-corrected chi connectivity index (χ1v) is 5.99. The van der Waals surface area contributed by atoms with Crippen LogP contribution < -0.4 is 5.73 Å². The molecule has 0 aromatic heterocycles.